The Balaban J connectivity index is 1.45. The van der Waals surface area contributed by atoms with Gasteiger partial charge in [0, 0.05) is 54.6 Å². The second-order valence-electron chi connectivity index (χ2n) is 7.58. The van der Waals surface area contributed by atoms with E-state index in [1.807, 2.05) is 30.3 Å². The van der Waals surface area contributed by atoms with E-state index >= 15 is 0 Å². The fraction of sp³-hybridized carbons (Fsp3) is 0.381. The molecule has 0 atom stereocenters. The van der Waals surface area contributed by atoms with Gasteiger partial charge in [-0.1, -0.05) is 0 Å². The molecule has 0 amide bonds. The van der Waals surface area contributed by atoms with E-state index in [0.29, 0.717) is 32.4 Å². The number of piperidine rings is 1. The number of rotatable bonds is 6. The number of fused-ring (bicyclic) bond motifs is 1. The third-order valence-electron chi connectivity index (χ3n) is 5.42. The van der Waals surface area contributed by atoms with Crippen LogP contribution in [0.2, 0.25) is 0 Å². The lowest BCUT2D eigenvalue weighted by molar-refractivity contribution is -0.138. The molecular formula is C21H23N5O3. The number of carboxylic acids is 1. The minimum Gasteiger partial charge on any atom is -0.480 e. The van der Waals surface area contributed by atoms with E-state index in [4.69, 9.17) is 5.11 Å². The molecule has 4 heterocycles. The largest absolute Gasteiger partial charge is 0.480 e. The molecule has 0 aromatic carbocycles. The maximum atomic E-state index is 12.7. The van der Waals surface area contributed by atoms with Gasteiger partial charge in [0.1, 0.15) is 5.78 Å². The number of carbonyl (C=O) groups is 2. The molecule has 8 heteroatoms. The minimum atomic E-state index is -0.824. The smallest absolute Gasteiger partial charge is 0.317 e. The van der Waals surface area contributed by atoms with Crippen molar-refractivity contribution in [3.63, 3.8) is 0 Å². The third-order valence-corrected chi connectivity index (χ3v) is 5.42. The van der Waals surface area contributed by atoms with E-state index in [1.165, 1.54) is 0 Å². The van der Waals surface area contributed by atoms with Crippen LogP contribution < -0.4 is 0 Å². The predicted molar refractivity (Wildman–Crippen MR) is 107 cm³/mol. The van der Waals surface area contributed by atoms with Gasteiger partial charge in [0.15, 0.2) is 0 Å². The van der Waals surface area contributed by atoms with Gasteiger partial charge in [-0.2, -0.15) is 5.10 Å². The Hall–Kier alpha value is -3.13. The Morgan fingerprint density at radius 3 is 2.55 bits per heavy atom. The molecule has 0 saturated carbocycles. The molecule has 1 N–H and O–H groups in total. The molecule has 29 heavy (non-hydrogen) atoms. The van der Waals surface area contributed by atoms with Crippen molar-refractivity contribution in [2.75, 3.05) is 19.6 Å². The highest BCUT2D eigenvalue weighted by molar-refractivity contribution is 5.87. The topological polar surface area (TPSA) is 101 Å². The number of hydrogen-bond acceptors (Lipinski definition) is 6. The van der Waals surface area contributed by atoms with Crippen LogP contribution in [0.25, 0.3) is 22.0 Å². The molecule has 0 aliphatic carbocycles. The zero-order valence-electron chi connectivity index (χ0n) is 16.3. The van der Waals surface area contributed by atoms with E-state index in [1.54, 1.807) is 23.3 Å². The summed E-state index contributed by atoms with van der Waals surface area (Å²) in [6.45, 7) is 1.34. The van der Waals surface area contributed by atoms with E-state index in [9.17, 15) is 9.59 Å². The van der Waals surface area contributed by atoms with Crippen LogP contribution in [0.15, 0.2) is 36.9 Å². The molecule has 150 valence electrons. The van der Waals surface area contributed by atoms with Gasteiger partial charge in [-0.25, -0.2) is 0 Å². The highest BCUT2D eigenvalue weighted by Crippen LogP contribution is 2.23. The molecule has 0 radical (unpaired) electrons. The van der Waals surface area contributed by atoms with Gasteiger partial charge < -0.3 is 5.11 Å². The van der Waals surface area contributed by atoms with Crippen molar-refractivity contribution in [2.24, 2.45) is 13.0 Å². The SMILES string of the molecule is Cn1cc(-c2cc3cc(CC(=O)C4CCN(CC(=O)O)CC4)ncc3cn2)cn1. The second kappa shape index (κ2) is 8.08. The Morgan fingerprint density at radius 1 is 1.10 bits per heavy atom. The molecule has 1 aliphatic rings. The standard InChI is InChI=1S/C21H23N5O3/c1-25-12-17(11-24-25)19-7-15-6-18(22-9-16(15)10-23-19)8-20(27)14-2-4-26(5-3-14)13-21(28)29/h6-7,9-12,14H,2-5,8,13H2,1H3,(H,28,29). The molecule has 8 nitrogen and oxygen atoms in total. The van der Waals surface area contributed by atoms with Crippen molar-refractivity contribution in [3.05, 3.63) is 42.6 Å². The molecule has 0 unspecified atom stereocenters. The van der Waals surface area contributed by atoms with Crippen LogP contribution in [0.1, 0.15) is 18.5 Å². The summed E-state index contributed by atoms with van der Waals surface area (Å²) in [5.74, 6) is -0.676. The normalized spacial score (nSPS) is 15.6. The van der Waals surface area contributed by atoms with Crippen LogP contribution in [0.3, 0.4) is 0 Å². The van der Waals surface area contributed by atoms with Crippen molar-refractivity contribution in [1.29, 1.82) is 0 Å². The highest BCUT2D eigenvalue weighted by Gasteiger charge is 2.26. The molecule has 3 aromatic heterocycles. The number of aromatic nitrogens is 4. The summed E-state index contributed by atoms with van der Waals surface area (Å²) in [5, 5.41) is 15.0. The van der Waals surface area contributed by atoms with Crippen molar-refractivity contribution in [1.82, 2.24) is 24.6 Å². The molecule has 1 aliphatic heterocycles. The number of Topliss-reactive ketones (excluding diaryl/α,β-unsaturated/α-hetero) is 1. The molecule has 1 saturated heterocycles. The first-order chi connectivity index (χ1) is 14.0. The summed E-state index contributed by atoms with van der Waals surface area (Å²) in [7, 11) is 1.87. The van der Waals surface area contributed by atoms with Crippen LogP contribution in [-0.2, 0) is 23.1 Å². The number of hydrogen-bond donors (Lipinski definition) is 1. The molecule has 3 aromatic rings. The number of nitrogens with zero attached hydrogens (tertiary/aromatic N) is 5. The van der Waals surface area contributed by atoms with Crippen molar-refractivity contribution in [2.45, 2.75) is 19.3 Å². The van der Waals surface area contributed by atoms with Crippen LogP contribution in [0.4, 0.5) is 0 Å². The third kappa shape index (κ3) is 4.48. The maximum absolute atomic E-state index is 12.7. The van der Waals surface area contributed by atoms with Gasteiger partial charge in [0.2, 0.25) is 0 Å². The quantitative estimate of drug-likeness (QED) is 0.683. The number of pyridine rings is 2. The van der Waals surface area contributed by atoms with Crippen molar-refractivity contribution >= 4 is 22.5 Å². The first kappa shape index (κ1) is 19.2. The molecule has 0 bridgehead atoms. The second-order valence-corrected chi connectivity index (χ2v) is 7.58. The van der Waals surface area contributed by atoms with E-state index < -0.39 is 5.97 Å². The number of aryl methyl sites for hydroxylation is 1. The Bertz CT molecular complexity index is 1050. The van der Waals surface area contributed by atoms with Gasteiger partial charge in [0.05, 0.1) is 18.4 Å². The van der Waals surface area contributed by atoms with E-state index in [0.717, 1.165) is 27.7 Å². The first-order valence-electron chi connectivity index (χ1n) is 9.68. The van der Waals surface area contributed by atoms with Gasteiger partial charge in [-0.3, -0.25) is 29.1 Å². The average Bonchev–Trinajstić information content (AvgIpc) is 3.14. The van der Waals surface area contributed by atoms with Crippen LogP contribution in [0.5, 0.6) is 0 Å². The fourth-order valence-corrected chi connectivity index (χ4v) is 3.82. The van der Waals surface area contributed by atoms with Gasteiger partial charge in [0.25, 0.3) is 0 Å². The Morgan fingerprint density at radius 2 is 1.86 bits per heavy atom. The Kier molecular flexibility index (Phi) is 5.35. The van der Waals surface area contributed by atoms with E-state index in [2.05, 4.69) is 15.1 Å². The maximum Gasteiger partial charge on any atom is 0.317 e. The molecular weight excluding hydrogens is 370 g/mol. The Labute approximate surface area is 168 Å². The van der Waals surface area contributed by atoms with Crippen molar-refractivity contribution in [3.8, 4) is 11.3 Å². The lowest BCUT2D eigenvalue weighted by Gasteiger charge is -2.29. The number of ketones is 1. The fourth-order valence-electron chi connectivity index (χ4n) is 3.82. The van der Waals surface area contributed by atoms with Crippen LogP contribution in [0, 0.1) is 5.92 Å². The lowest BCUT2D eigenvalue weighted by Crippen LogP contribution is -2.39. The monoisotopic (exact) mass is 393 g/mol. The summed E-state index contributed by atoms with van der Waals surface area (Å²) in [5.41, 5.74) is 2.52. The average molecular weight is 393 g/mol. The van der Waals surface area contributed by atoms with Gasteiger partial charge in [-0.05, 0) is 43.5 Å². The molecule has 0 spiro atoms. The van der Waals surface area contributed by atoms with E-state index in [-0.39, 0.29) is 18.2 Å². The number of carboxylic acid groups (broad SMARTS) is 1. The minimum absolute atomic E-state index is 0.0269. The number of aliphatic carboxylic acids is 1. The van der Waals surface area contributed by atoms with Crippen LogP contribution >= 0.6 is 0 Å². The highest BCUT2D eigenvalue weighted by atomic mass is 16.4. The zero-order valence-corrected chi connectivity index (χ0v) is 16.3. The molecule has 1 fully saturated rings. The summed E-state index contributed by atoms with van der Waals surface area (Å²) in [6.07, 6.45) is 8.93. The molecule has 4 rings (SSSR count). The first-order valence-corrected chi connectivity index (χ1v) is 9.68. The number of carbonyl (C=O) groups excluding carboxylic acids is 1. The van der Waals surface area contributed by atoms with Crippen LogP contribution in [-0.4, -0.2) is 61.1 Å². The zero-order chi connectivity index (χ0) is 20.4. The van der Waals surface area contributed by atoms with Gasteiger partial charge in [-0.15, -0.1) is 0 Å². The van der Waals surface area contributed by atoms with Gasteiger partial charge >= 0.3 is 5.97 Å². The summed E-state index contributed by atoms with van der Waals surface area (Å²) in [6, 6.07) is 3.95. The van der Waals surface area contributed by atoms with Crippen molar-refractivity contribution < 1.29 is 14.7 Å². The predicted octanol–water partition coefficient (Wildman–Crippen LogP) is 1.94. The number of likely N-dealkylation sites (tertiary alicyclic amines) is 1. The summed E-state index contributed by atoms with van der Waals surface area (Å²) < 4.78 is 1.74. The summed E-state index contributed by atoms with van der Waals surface area (Å²) >= 11 is 0. The summed E-state index contributed by atoms with van der Waals surface area (Å²) in [4.78, 5) is 34.3. The lowest BCUT2D eigenvalue weighted by atomic mass is 9.90.